The van der Waals surface area contributed by atoms with E-state index >= 15 is 0 Å². The predicted molar refractivity (Wildman–Crippen MR) is 134 cm³/mol. The second kappa shape index (κ2) is 8.36. The second-order valence-electron chi connectivity index (χ2n) is 8.55. The normalized spacial score (nSPS) is 18.1. The van der Waals surface area contributed by atoms with E-state index in [9.17, 15) is 0 Å². The Morgan fingerprint density at radius 3 is 2.63 bits per heavy atom. The van der Waals surface area contributed by atoms with E-state index in [1.165, 1.54) is 0 Å². The van der Waals surface area contributed by atoms with Crippen molar-refractivity contribution in [3.8, 4) is 17.2 Å². The first-order valence-corrected chi connectivity index (χ1v) is 11.6. The Balaban J connectivity index is 1.63. The smallest absolute Gasteiger partial charge is 0.226 e. The minimum absolute atomic E-state index is 0.304. The van der Waals surface area contributed by atoms with Gasteiger partial charge in [-0.3, -0.25) is 0 Å². The van der Waals surface area contributed by atoms with Gasteiger partial charge < -0.3 is 19.5 Å². The minimum atomic E-state index is -0.401. The van der Waals surface area contributed by atoms with Crippen LogP contribution in [0.4, 0.5) is 5.95 Å². The zero-order chi connectivity index (χ0) is 24.1. The molecule has 176 valence electrons. The number of methoxy groups -OCH3 is 2. The topological polar surface area (TPSA) is 70.4 Å². The SMILES string of the molecule is COc1ccc([C@H]2C3=C(Nc4ncnn42)c2cc(C)ccc2O[C@@H]3c2cccc(Cl)c2)cc1OC. The molecule has 0 bridgehead atoms. The number of rotatable bonds is 4. The number of halogens is 1. The van der Waals surface area contributed by atoms with E-state index in [2.05, 4.69) is 34.5 Å². The Morgan fingerprint density at radius 2 is 1.83 bits per heavy atom. The molecule has 0 unspecified atom stereocenters. The van der Waals surface area contributed by atoms with Gasteiger partial charge in [-0.2, -0.15) is 10.1 Å². The van der Waals surface area contributed by atoms with Crippen LogP contribution < -0.4 is 19.5 Å². The Labute approximate surface area is 207 Å². The fourth-order valence-electron chi connectivity index (χ4n) is 4.87. The summed E-state index contributed by atoms with van der Waals surface area (Å²) in [7, 11) is 3.26. The highest BCUT2D eigenvalue weighted by Gasteiger charge is 2.41. The maximum atomic E-state index is 6.67. The maximum Gasteiger partial charge on any atom is 0.226 e. The second-order valence-corrected chi connectivity index (χ2v) is 8.99. The summed E-state index contributed by atoms with van der Waals surface area (Å²) < 4.78 is 19.6. The van der Waals surface area contributed by atoms with Gasteiger partial charge in [-0.15, -0.1) is 0 Å². The summed E-state index contributed by atoms with van der Waals surface area (Å²) >= 11 is 6.40. The van der Waals surface area contributed by atoms with Gasteiger partial charge in [0.2, 0.25) is 5.95 Å². The third-order valence-corrected chi connectivity index (χ3v) is 6.68. The van der Waals surface area contributed by atoms with Crippen LogP contribution in [0, 0.1) is 6.92 Å². The van der Waals surface area contributed by atoms with E-state index in [-0.39, 0.29) is 6.04 Å². The molecule has 3 aromatic carbocycles. The van der Waals surface area contributed by atoms with Gasteiger partial charge in [0.25, 0.3) is 0 Å². The molecule has 1 N–H and O–H groups in total. The molecule has 2 aliphatic rings. The number of nitrogens with zero attached hydrogens (tertiary/aromatic N) is 3. The van der Waals surface area contributed by atoms with Gasteiger partial charge >= 0.3 is 0 Å². The number of hydrogen-bond acceptors (Lipinski definition) is 6. The molecule has 7 nitrogen and oxygen atoms in total. The first-order valence-electron chi connectivity index (χ1n) is 11.2. The van der Waals surface area contributed by atoms with E-state index in [4.69, 9.17) is 25.8 Å². The highest BCUT2D eigenvalue weighted by molar-refractivity contribution is 6.30. The molecule has 8 heteroatoms. The number of benzene rings is 3. The molecule has 0 spiro atoms. The molecule has 35 heavy (non-hydrogen) atoms. The van der Waals surface area contributed by atoms with Crippen LogP contribution >= 0.6 is 11.6 Å². The van der Waals surface area contributed by atoms with Crippen LogP contribution in [0.3, 0.4) is 0 Å². The van der Waals surface area contributed by atoms with Crippen molar-refractivity contribution in [3.63, 3.8) is 0 Å². The molecule has 0 saturated heterocycles. The molecule has 0 aliphatic carbocycles. The zero-order valence-corrected chi connectivity index (χ0v) is 20.2. The number of nitrogens with one attached hydrogen (secondary N) is 1. The lowest BCUT2D eigenvalue weighted by Crippen LogP contribution is -2.32. The van der Waals surface area contributed by atoms with Crippen LogP contribution in [0.2, 0.25) is 5.02 Å². The molecule has 2 atom stereocenters. The van der Waals surface area contributed by atoms with Crippen molar-refractivity contribution in [2.75, 3.05) is 19.5 Å². The molecule has 3 heterocycles. The summed E-state index contributed by atoms with van der Waals surface area (Å²) in [6.07, 6.45) is 1.16. The number of hydrogen-bond donors (Lipinski definition) is 1. The van der Waals surface area contributed by atoms with Gasteiger partial charge in [-0.05, 0) is 54.4 Å². The summed E-state index contributed by atoms with van der Waals surface area (Å²) in [4.78, 5) is 4.50. The molecule has 2 aliphatic heterocycles. The first kappa shape index (κ1) is 21.6. The fraction of sp³-hybridized carbons (Fsp3) is 0.185. The van der Waals surface area contributed by atoms with Crippen molar-refractivity contribution in [1.29, 1.82) is 0 Å². The summed E-state index contributed by atoms with van der Waals surface area (Å²) in [5, 5.41) is 8.75. The Kier molecular flexibility index (Phi) is 5.15. The van der Waals surface area contributed by atoms with Crippen LogP contribution in [0.1, 0.15) is 34.4 Å². The summed E-state index contributed by atoms with van der Waals surface area (Å²) in [6.45, 7) is 2.07. The molecular weight excluding hydrogens is 464 g/mol. The Bertz CT molecular complexity index is 1480. The number of ether oxygens (including phenoxy) is 3. The first-order chi connectivity index (χ1) is 17.1. The van der Waals surface area contributed by atoms with E-state index < -0.39 is 6.10 Å². The number of aromatic nitrogens is 3. The Hall–Kier alpha value is -3.97. The molecule has 0 amide bonds. The van der Waals surface area contributed by atoms with Crippen molar-refractivity contribution in [1.82, 2.24) is 14.8 Å². The molecule has 4 aromatic rings. The van der Waals surface area contributed by atoms with Crippen LogP contribution in [0.5, 0.6) is 17.2 Å². The van der Waals surface area contributed by atoms with Crippen LogP contribution in [-0.4, -0.2) is 29.0 Å². The van der Waals surface area contributed by atoms with Crippen molar-refractivity contribution in [2.24, 2.45) is 0 Å². The molecule has 0 fully saturated rings. The van der Waals surface area contributed by atoms with E-state index in [1.807, 2.05) is 53.2 Å². The molecule has 0 saturated carbocycles. The number of aryl methyl sites for hydroxylation is 1. The summed E-state index contributed by atoms with van der Waals surface area (Å²) in [5.41, 5.74) is 6.01. The molecule has 6 rings (SSSR count). The lowest BCUT2D eigenvalue weighted by molar-refractivity contribution is 0.223. The largest absolute Gasteiger partial charge is 0.493 e. The van der Waals surface area contributed by atoms with Crippen LogP contribution in [-0.2, 0) is 0 Å². The summed E-state index contributed by atoms with van der Waals surface area (Å²) in [6, 6.07) is 19.6. The minimum Gasteiger partial charge on any atom is -0.493 e. The van der Waals surface area contributed by atoms with Crippen LogP contribution in [0.25, 0.3) is 5.70 Å². The van der Waals surface area contributed by atoms with Gasteiger partial charge in [-0.1, -0.05) is 41.4 Å². The van der Waals surface area contributed by atoms with Crippen molar-refractivity contribution >= 4 is 23.2 Å². The van der Waals surface area contributed by atoms with E-state index in [0.29, 0.717) is 22.5 Å². The van der Waals surface area contributed by atoms with Gasteiger partial charge in [0, 0.05) is 16.2 Å². The average molecular weight is 487 g/mol. The van der Waals surface area contributed by atoms with Crippen molar-refractivity contribution in [3.05, 3.63) is 99.8 Å². The molecular formula is C27H23ClN4O3. The third kappa shape index (κ3) is 3.51. The average Bonchev–Trinajstić information content (AvgIpc) is 3.35. The monoisotopic (exact) mass is 486 g/mol. The Morgan fingerprint density at radius 1 is 0.971 bits per heavy atom. The van der Waals surface area contributed by atoms with Gasteiger partial charge in [0.05, 0.1) is 19.9 Å². The lowest BCUT2D eigenvalue weighted by atomic mass is 9.84. The quantitative estimate of drug-likeness (QED) is 0.392. The highest BCUT2D eigenvalue weighted by atomic mass is 35.5. The van der Waals surface area contributed by atoms with Gasteiger partial charge in [0.1, 0.15) is 24.2 Å². The van der Waals surface area contributed by atoms with Gasteiger partial charge in [0.15, 0.2) is 11.5 Å². The zero-order valence-electron chi connectivity index (χ0n) is 19.4. The molecule has 1 aromatic heterocycles. The van der Waals surface area contributed by atoms with Crippen molar-refractivity contribution in [2.45, 2.75) is 19.1 Å². The maximum absolute atomic E-state index is 6.67. The van der Waals surface area contributed by atoms with Crippen molar-refractivity contribution < 1.29 is 14.2 Å². The van der Waals surface area contributed by atoms with E-state index in [1.54, 1.807) is 20.5 Å². The predicted octanol–water partition coefficient (Wildman–Crippen LogP) is 5.82. The van der Waals surface area contributed by atoms with Gasteiger partial charge in [-0.25, -0.2) is 4.68 Å². The standard InChI is InChI=1S/C27H23ClN4O3/c1-15-7-9-20-19(11-15)24-23(26(35-20)17-5-4-6-18(28)12-17)25(32-27(31-24)29-14-30-32)16-8-10-21(33-2)22(13-16)34-3/h4-14,25-26H,1-3H3,(H,29,30,31)/t25-,26+/m0/s1. The van der Waals surface area contributed by atoms with E-state index in [0.717, 1.165) is 39.3 Å². The molecule has 0 radical (unpaired) electrons. The number of fused-ring (bicyclic) bond motifs is 3. The van der Waals surface area contributed by atoms with Crippen LogP contribution in [0.15, 0.2) is 72.6 Å². The highest BCUT2D eigenvalue weighted by Crippen LogP contribution is 2.51. The number of anilines is 1. The summed E-state index contributed by atoms with van der Waals surface area (Å²) in [5.74, 6) is 2.75. The fourth-order valence-corrected chi connectivity index (χ4v) is 5.07. The lowest BCUT2D eigenvalue weighted by Gasteiger charge is -2.39. The third-order valence-electron chi connectivity index (χ3n) is 6.44.